The number of nitrogens with zero attached hydrogens (tertiary/aromatic N) is 1. The minimum Gasteiger partial charge on any atom is -0.495 e. The summed E-state index contributed by atoms with van der Waals surface area (Å²) in [4.78, 5) is 16.0. The molecule has 0 aliphatic carbocycles. The van der Waals surface area contributed by atoms with E-state index in [-0.39, 0.29) is 5.91 Å². The molecule has 0 aliphatic heterocycles. The van der Waals surface area contributed by atoms with Crippen LogP contribution in [0.25, 0.3) is 0 Å². The Hall–Kier alpha value is -2.27. The number of halogens is 1. The Balaban J connectivity index is 2.29. The predicted molar refractivity (Wildman–Crippen MR) is 76.7 cm³/mol. The lowest BCUT2D eigenvalue weighted by molar-refractivity contribution is 0.102. The van der Waals surface area contributed by atoms with E-state index >= 15 is 0 Å². The van der Waals surface area contributed by atoms with Crippen LogP contribution in [0.1, 0.15) is 10.5 Å². The molecule has 0 aliphatic rings. The molecule has 0 bridgehead atoms. The smallest absolute Gasteiger partial charge is 0.274 e. The third kappa shape index (κ3) is 3.00. The van der Waals surface area contributed by atoms with Gasteiger partial charge in [0.1, 0.15) is 17.2 Å². The van der Waals surface area contributed by atoms with Crippen molar-refractivity contribution in [3.8, 4) is 11.5 Å². The quantitative estimate of drug-likeness (QED) is 0.941. The summed E-state index contributed by atoms with van der Waals surface area (Å²) in [5.74, 6) is 0.583. The van der Waals surface area contributed by atoms with E-state index < -0.39 is 0 Å². The van der Waals surface area contributed by atoms with Gasteiger partial charge >= 0.3 is 0 Å². The van der Waals surface area contributed by atoms with Gasteiger partial charge in [-0.2, -0.15) is 0 Å². The molecule has 0 fully saturated rings. The van der Waals surface area contributed by atoms with Gasteiger partial charge in [-0.1, -0.05) is 17.7 Å². The summed E-state index contributed by atoms with van der Waals surface area (Å²) < 4.78 is 10.3. The van der Waals surface area contributed by atoms with Gasteiger partial charge in [-0.3, -0.25) is 9.78 Å². The lowest BCUT2D eigenvalue weighted by Gasteiger charge is -2.12. The Morgan fingerprint density at radius 2 is 1.95 bits per heavy atom. The van der Waals surface area contributed by atoms with E-state index in [4.69, 9.17) is 21.1 Å². The number of methoxy groups -OCH3 is 2. The maximum Gasteiger partial charge on any atom is 0.274 e. The number of aromatic nitrogens is 1. The molecule has 1 N–H and O–H groups in total. The molecule has 104 valence electrons. The van der Waals surface area contributed by atoms with E-state index in [1.807, 2.05) is 0 Å². The number of hydrogen-bond donors (Lipinski definition) is 1. The third-order valence-electron chi connectivity index (χ3n) is 2.62. The molecule has 0 saturated carbocycles. The highest BCUT2D eigenvalue weighted by atomic mass is 35.5. The Morgan fingerprint density at radius 1 is 1.20 bits per heavy atom. The van der Waals surface area contributed by atoms with E-state index in [0.717, 1.165) is 0 Å². The lowest BCUT2D eigenvalue weighted by Crippen LogP contribution is -2.14. The summed E-state index contributed by atoms with van der Waals surface area (Å²) in [6, 6.07) is 8.27. The molecule has 1 amide bonds. The molecule has 0 radical (unpaired) electrons. The second kappa shape index (κ2) is 6.25. The van der Waals surface area contributed by atoms with Crippen LogP contribution in [0, 0.1) is 0 Å². The minimum absolute atomic E-state index is 0.307. The van der Waals surface area contributed by atoms with Gasteiger partial charge in [0, 0.05) is 12.3 Å². The highest BCUT2D eigenvalue weighted by molar-refractivity contribution is 6.32. The van der Waals surface area contributed by atoms with Gasteiger partial charge in [-0.05, 0) is 18.2 Å². The molecule has 1 heterocycles. The van der Waals surface area contributed by atoms with Crippen molar-refractivity contribution in [2.75, 3.05) is 19.5 Å². The topological polar surface area (TPSA) is 60.5 Å². The van der Waals surface area contributed by atoms with E-state index in [1.165, 1.54) is 14.2 Å². The number of pyridine rings is 1. The van der Waals surface area contributed by atoms with Crippen LogP contribution in [0.15, 0.2) is 36.5 Å². The van der Waals surface area contributed by atoms with Gasteiger partial charge in [-0.15, -0.1) is 0 Å². The van der Waals surface area contributed by atoms with Crippen LogP contribution in [-0.2, 0) is 0 Å². The zero-order chi connectivity index (χ0) is 14.5. The van der Waals surface area contributed by atoms with E-state index in [1.54, 1.807) is 36.5 Å². The number of hydrogen-bond acceptors (Lipinski definition) is 4. The number of ether oxygens (including phenoxy) is 2. The monoisotopic (exact) mass is 292 g/mol. The van der Waals surface area contributed by atoms with Gasteiger partial charge in [0.25, 0.3) is 5.91 Å². The number of carbonyl (C=O) groups is 1. The molecule has 6 heteroatoms. The predicted octanol–water partition coefficient (Wildman–Crippen LogP) is 3.00. The van der Waals surface area contributed by atoms with Crippen molar-refractivity contribution in [2.45, 2.75) is 0 Å². The van der Waals surface area contributed by atoms with Crippen LogP contribution in [0.2, 0.25) is 5.02 Å². The van der Waals surface area contributed by atoms with Gasteiger partial charge in [-0.25, -0.2) is 0 Å². The van der Waals surface area contributed by atoms with Crippen LogP contribution in [0.3, 0.4) is 0 Å². The molecule has 0 spiro atoms. The molecule has 5 nitrogen and oxygen atoms in total. The van der Waals surface area contributed by atoms with Crippen molar-refractivity contribution in [1.82, 2.24) is 4.98 Å². The molecule has 20 heavy (non-hydrogen) atoms. The number of carbonyl (C=O) groups excluding carboxylic acids is 1. The number of rotatable bonds is 4. The van der Waals surface area contributed by atoms with Crippen molar-refractivity contribution in [2.24, 2.45) is 0 Å². The molecule has 0 unspecified atom stereocenters. The molecule has 0 atom stereocenters. The van der Waals surface area contributed by atoms with E-state index in [0.29, 0.717) is 27.9 Å². The zero-order valence-corrected chi connectivity index (χ0v) is 11.8. The Kier molecular flexibility index (Phi) is 4.42. The normalized spacial score (nSPS) is 9.95. The summed E-state index contributed by atoms with van der Waals surface area (Å²) in [7, 11) is 3.01. The first-order valence-electron chi connectivity index (χ1n) is 5.79. The average molecular weight is 293 g/mol. The summed E-state index contributed by atoms with van der Waals surface area (Å²) >= 11 is 6.04. The number of benzene rings is 1. The van der Waals surface area contributed by atoms with Crippen LogP contribution in [0.5, 0.6) is 11.5 Å². The first kappa shape index (κ1) is 14.1. The van der Waals surface area contributed by atoms with Crippen molar-refractivity contribution >= 4 is 23.2 Å². The summed E-state index contributed by atoms with van der Waals surface area (Å²) in [6.45, 7) is 0. The van der Waals surface area contributed by atoms with E-state index in [2.05, 4.69) is 10.3 Å². The minimum atomic E-state index is -0.342. The maximum absolute atomic E-state index is 12.0. The molecular weight excluding hydrogens is 280 g/mol. The lowest BCUT2D eigenvalue weighted by atomic mass is 10.2. The van der Waals surface area contributed by atoms with Gasteiger partial charge in [0.15, 0.2) is 0 Å². The Labute approximate surface area is 121 Å². The van der Waals surface area contributed by atoms with Crippen LogP contribution < -0.4 is 14.8 Å². The fourth-order valence-electron chi connectivity index (χ4n) is 1.64. The zero-order valence-electron chi connectivity index (χ0n) is 11.0. The highest BCUT2D eigenvalue weighted by Crippen LogP contribution is 2.35. The SMILES string of the molecule is COc1cc(OC)c(NC(=O)c2ccccn2)cc1Cl. The highest BCUT2D eigenvalue weighted by Gasteiger charge is 2.14. The number of anilines is 1. The molecule has 1 aromatic carbocycles. The van der Waals surface area contributed by atoms with Crippen LogP contribution >= 0.6 is 11.6 Å². The molecule has 2 aromatic rings. The van der Waals surface area contributed by atoms with Crippen molar-refractivity contribution in [3.05, 3.63) is 47.2 Å². The first-order chi connectivity index (χ1) is 9.65. The van der Waals surface area contributed by atoms with Crippen molar-refractivity contribution in [3.63, 3.8) is 0 Å². The van der Waals surface area contributed by atoms with E-state index in [9.17, 15) is 4.79 Å². The summed E-state index contributed by atoms with van der Waals surface area (Å²) in [5, 5.41) is 3.08. The van der Waals surface area contributed by atoms with Crippen LogP contribution in [0.4, 0.5) is 5.69 Å². The molecule has 0 saturated heterocycles. The maximum atomic E-state index is 12.0. The number of nitrogens with one attached hydrogen (secondary N) is 1. The first-order valence-corrected chi connectivity index (χ1v) is 6.17. The molecular formula is C14H13ClN2O3. The Morgan fingerprint density at radius 3 is 2.55 bits per heavy atom. The summed E-state index contributed by atoms with van der Waals surface area (Å²) in [5.41, 5.74) is 0.760. The standard InChI is InChI=1S/C14H13ClN2O3/c1-19-12-8-13(20-2)11(7-9(12)15)17-14(18)10-5-3-4-6-16-10/h3-8H,1-2H3,(H,17,18). The fourth-order valence-corrected chi connectivity index (χ4v) is 1.88. The second-order valence-corrected chi connectivity index (χ2v) is 4.26. The average Bonchev–Trinajstić information content (AvgIpc) is 2.48. The molecule has 2 rings (SSSR count). The van der Waals surface area contributed by atoms with Crippen LogP contribution in [-0.4, -0.2) is 25.1 Å². The van der Waals surface area contributed by atoms with Gasteiger partial charge in [0.05, 0.1) is 24.9 Å². The third-order valence-corrected chi connectivity index (χ3v) is 2.92. The number of amides is 1. The fraction of sp³-hybridized carbons (Fsp3) is 0.143. The van der Waals surface area contributed by atoms with Crippen molar-refractivity contribution < 1.29 is 14.3 Å². The Bertz CT molecular complexity index is 617. The molecule has 1 aromatic heterocycles. The van der Waals surface area contributed by atoms with Crippen molar-refractivity contribution in [1.29, 1.82) is 0 Å². The largest absolute Gasteiger partial charge is 0.495 e. The summed E-state index contributed by atoms with van der Waals surface area (Å²) in [6.07, 6.45) is 1.55. The van der Waals surface area contributed by atoms with Gasteiger partial charge < -0.3 is 14.8 Å². The second-order valence-electron chi connectivity index (χ2n) is 3.86. The van der Waals surface area contributed by atoms with Gasteiger partial charge in [0.2, 0.25) is 0 Å².